The van der Waals surface area contributed by atoms with Gasteiger partial charge in [-0.25, -0.2) is 14.5 Å². The van der Waals surface area contributed by atoms with Gasteiger partial charge in [0.15, 0.2) is 5.65 Å². The van der Waals surface area contributed by atoms with Crippen molar-refractivity contribution < 1.29 is 9.53 Å². The molecule has 0 radical (unpaired) electrons. The first-order valence-corrected chi connectivity index (χ1v) is 5.59. The third kappa shape index (κ3) is 1.88. The zero-order valence-electron chi connectivity index (χ0n) is 10.2. The molecule has 2 rings (SSSR count). The van der Waals surface area contributed by atoms with E-state index in [2.05, 4.69) is 23.9 Å². The van der Waals surface area contributed by atoms with Gasteiger partial charge in [0.1, 0.15) is 0 Å². The standard InChI is InChI=1S/C12H15N3O2/c1-4-8(2)15-11-10(7-14-15)9(5-6-13-11)12(16)17-3/h5-8H,4H2,1-3H3. The molecule has 0 saturated carbocycles. The first kappa shape index (κ1) is 11.6. The Balaban J connectivity index is 2.60. The molecule has 17 heavy (non-hydrogen) atoms. The fourth-order valence-corrected chi connectivity index (χ4v) is 1.73. The van der Waals surface area contributed by atoms with E-state index in [4.69, 9.17) is 4.74 Å². The van der Waals surface area contributed by atoms with Crippen molar-refractivity contribution in [3.63, 3.8) is 0 Å². The lowest BCUT2D eigenvalue weighted by Gasteiger charge is -2.09. The summed E-state index contributed by atoms with van der Waals surface area (Å²) in [6, 6.07) is 1.91. The zero-order chi connectivity index (χ0) is 12.4. The van der Waals surface area contributed by atoms with Gasteiger partial charge < -0.3 is 4.74 Å². The van der Waals surface area contributed by atoms with Gasteiger partial charge in [-0.2, -0.15) is 5.10 Å². The average Bonchev–Trinajstić information content (AvgIpc) is 2.80. The predicted molar refractivity (Wildman–Crippen MR) is 63.9 cm³/mol. The maximum Gasteiger partial charge on any atom is 0.338 e. The highest BCUT2D eigenvalue weighted by Crippen LogP contribution is 2.21. The highest BCUT2D eigenvalue weighted by molar-refractivity contribution is 6.02. The Morgan fingerprint density at radius 2 is 2.35 bits per heavy atom. The molecule has 0 amide bonds. The van der Waals surface area contributed by atoms with Gasteiger partial charge in [0.25, 0.3) is 0 Å². The van der Waals surface area contributed by atoms with E-state index in [1.807, 2.05) is 4.68 Å². The largest absolute Gasteiger partial charge is 0.465 e. The third-order valence-corrected chi connectivity index (χ3v) is 2.91. The molecule has 2 heterocycles. The number of nitrogens with zero attached hydrogens (tertiary/aromatic N) is 3. The molecule has 0 aromatic carbocycles. The second kappa shape index (κ2) is 4.53. The maximum absolute atomic E-state index is 11.6. The van der Waals surface area contributed by atoms with Gasteiger partial charge in [0, 0.05) is 6.20 Å². The van der Waals surface area contributed by atoms with Gasteiger partial charge in [-0.1, -0.05) is 6.92 Å². The Bertz CT molecular complexity index is 548. The second-order valence-electron chi connectivity index (χ2n) is 3.93. The van der Waals surface area contributed by atoms with Crippen molar-refractivity contribution in [3.8, 4) is 0 Å². The minimum Gasteiger partial charge on any atom is -0.465 e. The van der Waals surface area contributed by atoms with Gasteiger partial charge in [0.05, 0.1) is 30.3 Å². The fraction of sp³-hybridized carbons (Fsp3) is 0.417. The molecule has 90 valence electrons. The summed E-state index contributed by atoms with van der Waals surface area (Å²) in [7, 11) is 1.37. The summed E-state index contributed by atoms with van der Waals surface area (Å²) >= 11 is 0. The van der Waals surface area contributed by atoms with Crippen LogP contribution in [0.5, 0.6) is 0 Å². The molecule has 2 aromatic rings. The summed E-state index contributed by atoms with van der Waals surface area (Å²) in [5.74, 6) is -0.360. The minimum absolute atomic E-state index is 0.257. The average molecular weight is 233 g/mol. The lowest BCUT2D eigenvalue weighted by Crippen LogP contribution is -2.07. The van der Waals surface area contributed by atoms with E-state index in [-0.39, 0.29) is 12.0 Å². The van der Waals surface area contributed by atoms with Crippen molar-refractivity contribution in [2.45, 2.75) is 26.3 Å². The summed E-state index contributed by atoms with van der Waals surface area (Å²) in [5.41, 5.74) is 1.23. The monoisotopic (exact) mass is 233 g/mol. The van der Waals surface area contributed by atoms with E-state index >= 15 is 0 Å². The summed E-state index contributed by atoms with van der Waals surface area (Å²) in [6.07, 6.45) is 4.23. The molecule has 1 unspecified atom stereocenters. The number of rotatable bonds is 3. The number of pyridine rings is 1. The van der Waals surface area contributed by atoms with E-state index in [0.29, 0.717) is 5.56 Å². The maximum atomic E-state index is 11.6. The Labute approximate surface area is 99.4 Å². The third-order valence-electron chi connectivity index (χ3n) is 2.91. The number of aromatic nitrogens is 3. The Hall–Kier alpha value is -1.91. The second-order valence-corrected chi connectivity index (χ2v) is 3.93. The summed E-state index contributed by atoms with van der Waals surface area (Å²) in [6.45, 7) is 4.15. The van der Waals surface area contributed by atoms with Gasteiger partial charge in [0.2, 0.25) is 0 Å². The van der Waals surface area contributed by atoms with Crippen LogP contribution in [-0.2, 0) is 4.74 Å². The van der Waals surface area contributed by atoms with E-state index in [9.17, 15) is 4.79 Å². The minimum atomic E-state index is -0.360. The molecular weight excluding hydrogens is 218 g/mol. The first-order valence-electron chi connectivity index (χ1n) is 5.59. The molecule has 0 aliphatic rings. The molecule has 2 aromatic heterocycles. The van der Waals surface area contributed by atoms with E-state index in [0.717, 1.165) is 17.5 Å². The van der Waals surface area contributed by atoms with Crippen LogP contribution in [0.3, 0.4) is 0 Å². The lowest BCUT2D eigenvalue weighted by molar-refractivity contribution is 0.0603. The van der Waals surface area contributed by atoms with Crippen LogP contribution >= 0.6 is 0 Å². The van der Waals surface area contributed by atoms with Gasteiger partial charge >= 0.3 is 5.97 Å². The molecule has 1 atom stereocenters. The summed E-state index contributed by atoms with van der Waals surface area (Å²) < 4.78 is 6.57. The molecule has 0 fully saturated rings. The molecule has 0 spiro atoms. The van der Waals surface area contributed by atoms with Crippen molar-refractivity contribution in [2.24, 2.45) is 0 Å². The van der Waals surface area contributed by atoms with Gasteiger partial charge in [-0.15, -0.1) is 0 Å². The molecule has 0 saturated heterocycles. The number of ether oxygens (including phenoxy) is 1. The van der Waals surface area contributed by atoms with Crippen molar-refractivity contribution in [2.75, 3.05) is 7.11 Å². The van der Waals surface area contributed by atoms with E-state index in [1.54, 1.807) is 18.5 Å². The summed E-state index contributed by atoms with van der Waals surface area (Å²) in [5, 5.41) is 5.03. The number of fused-ring (bicyclic) bond motifs is 1. The van der Waals surface area contributed by atoms with Crippen molar-refractivity contribution >= 4 is 17.0 Å². The topological polar surface area (TPSA) is 57.0 Å². The number of carbonyl (C=O) groups excluding carboxylic acids is 1. The molecule has 5 nitrogen and oxygen atoms in total. The first-order chi connectivity index (χ1) is 8.19. The predicted octanol–water partition coefficient (Wildman–Crippen LogP) is 2.19. The smallest absolute Gasteiger partial charge is 0.338 e. The van der Waals surface area contributed by atoms with Crippen LogP contribution in [0.15, 0.2) is 18.5 Å². The SMILES string of the molecule is CCC(C)n1ncc2c(C(=O)OC)ccnc21. The van der Waals surface area contributed by atoms with Crippen LogP contribution in [0, 0.1) is 0 Å². The quantitative estimate of drug-likeness (QED) is 0.762. The van der Waals surface area contributed by atoms with Gasteiger partial charge in [-0.05, 0) is 19.4 Å². The highest BCUT2D eigenvalue weighted by Gasteiger charge is 2.16. The van der Waals surface area contributed by atoms with Crippen LogP contribution < -0.4 is 0 Å². The number of methoxy groups -OCH3 is 1. The summed E-state index contributed by atoms with van der Waals surface area (Å²) in [4.78, 5) is 15.9. The van der Waals surface area contributed by atoms with Crippen LogP contribution in [0.1, 0.15) is 36.7 Å². The number of hydrogen-bond acceptors (Lipinski definition) is 4. The van der Waals surface area contributed by atoms with Crippen LogP contribution in [-0.4, -0.2) is 27.8 Å². The highest BCUT2D eigenvalue weighted by atomic mass is 16.5. The number of carbonyl (C=O) groups is 1. The number of esters is 1. The Morgan fingerprint density at radius 3 is 3.00 bits per heavy atom. The molecule has 0 bridgehead atoms. The van der Waals surface area contributed by atoms with Crippen LogP contribution in [0.25, 0.3) is 11.0 Å². The van der Waals surface area contributed by atoms with E-state index in [1.165, 1.54) is 7.11 Å². The fourth-order valence-electron chi connectivity index (χ4n) is 1.73. The molecule has 0 N–H and O–H groups in total. The molecular formula is C12H15N3O2. The number of hydrogen-bond donors (Lipinski definition) is 0. The zero-order valence-corrected chi connectivity index (χ0v) is 10.2. The van der Waals surface area contributed by atoms with E-state index < -0.39 is 0 Å². The normalized spacial score (nSPS) is 12.6. The molecule has 5 heteroatoms. The van der Waals surface area contributed by atoms with Crippen molar-refractivity contribution in [1.82, 2.24) is 14.8 Å². The Kier molecular flexibility index (Phi) is 3.08. The Morgan fingerprint density at radius 1 is 1.59 bits per heavy atom. The van der Waals surface area contributed by atoms with Crippen molar-refractivity contribution in [1.29, 1.82) is 0 Å². The van der Waals surface area contributed by atoms with Gasteiger partial charge in [-0.3, -0.25) is 0 Å². The van der Waals surface area contributed by atoms with Crippen LogP contribution in [0.4, 0.5) is 0 Å². The molecule has 0 aliphatic heterocycles. The van der Waals surface area contributed by atoms with Crippen molar-refractivity contribution in [3.05, 3.63) is 24.0 Å². The van der Waals surface area contributed by atoms with Crippen LogP contribution in [0.2, 0.25) is 0 Å². The lowest BCUT2D eigenvalue weighted by atomic mass is 10.2. The molecule has 0 aliphatic carbocycles.